The lowest BCUT2D eigenvalue weighted by atomic mass is 9.81. The number of halogens is 1. The summed E-state index contributed by atoms with van der Waals surface area (Å²) in [6.45, 7) is 9.39. The monoisotopic (exact) mass is 410 g/mol. The van der Waals surface area contributed by atoms with E-state index in [0.717, 1.165) is 75.8 Å². The van der Waals surface area contributed by atoms with Gasteiger partial charge in [-0.3, -0.25) is 9.32 Å². The number of nitrogens with zero attached hydrogens (tertiary/aromatic N) is 4. The first-order valence-electron chi connectivity index (χ1n) is 10.0. The molecule has 1 aromatic heterocycles. The van der Waals surface area contributed by atoms with Crippen molar-refractivity contribution in [2.45, 2.75) is 25.9 Å². The molecule has 0 radical (unpaired) electrons. The standard InChI is InChI=1S/C19H27ClN4O2S/c20-24-11-16(23-3-7-26-8-4-23)19-17(12-24)27-18(21-19)13-22-9-15(10-22)14-1-5-25-6-2-14/h11,14-15H,1-10,12-13H2. The van der Waals surface area contributed by atoms with Gasteiger partial charge < -0.3 is 14.4 Å². The molecule has 5 rings (SSSR count). The van der Waals surface area contributed by atoms with Gasteiger partial charge in [0.25, 0.3) is 0 Å². The Kier molecular flexibility index (Phi) is 5.30. The van der Waals surface area contributed by atoms with Crippen LogP contribution in [0.2, 0.25) is 0 Å². The van der Waals surface area contributed by atoms with E-state index in [0.29, 0.717) is 0 Å². The first-order chi connectivity index (χ1) is 13.3. The third-order valence-electron chi connectivity index (χ3n) is 6.17. The highest BCUT2D eigenvalue weighted by molar-refractivity contribution is 7.11. The number of likely N-dealkylation sites (tertiary alicyclic amines) is 1. The van der Waals surface area contributed by atoms with Gasteiger partial charge in [0, 0.05) is 57.4 Å². The Balaban J connectivity index is 1.23. The highest BCUT2D eigenvalue weighted by Crippen LogP contribution is 2.36. The van der Waals surface area contributed by atoms with Crippen LogP contribution in [0.4, 0.5) is 0 Å². The van der Waals surface area contributed by atoms with Gasteiger partial charge in [0.1, 0.15) is 10.7 Å². The third-order valence-corrected chi connectivity index (χ3v) is 7.41. The van der Waals surface area contributed by atoms with E-state index in [1.165, 1.54) is 35.8 Å². The molecule has 4 aliphatic rings. The Bertz CT molecular complexity index is 694. The Morgan fingerprint density at radius 1 is 1.07 bits per heavy atom. The molecule has 0 aromatic carbocycles. The summed E-state index contributed by atoms with van der Waals surface area (Å²) < 4.78 is 12.8. The van der Waals surface area contributed by atoms with Crippen molar-refractivity contribution >= 4 is 28.8 Å². The minimum Gasteiger partial charge on any atom is -0.381 e. The predicted octanol–water partition coefficient (Wildman–Crippen LogP) is 2.60. The molecule has 6 nitrogen and oxygen atoms in total. The summed E-state index contributed by atoms with van der Waals surface area (Å²) in [7, 11) is 0. The van der Waals surface area contributed by atoms with Crippen molar-refractivity contribution < 1.29 is 9.47 Å². The molecule has 148 valence electrons. The summed E-state index contributed by atoms with van der Waals surface area (Å²) in [6.07, 6.45) is 4.51. The van der Waals surface area contributed by atoms with Crippen LogP contribution in [0.25, 0.3) is 5.70 Å². The number of fused-ring (bicyclic) bond motifs is 1. The van der Waals surface area contributed by atoms with Gasteiger partial charge in [-0.25, -0.2) is 4.98 Å². The van der Waals surface area contributed by atoms with Gasteiger partial charge in [-0.05, 0) is 24.7 Å². The Morgan fingerprint density at radius 2 is 1.81 bits per heavy atom. The van der Waals surface area contributed by atoms with Crippen molar-refractivity contribution in [3.05, 3.63) is 21.8 Å². The largest absolute Gasteiger partial charge is 0.381 e. The number of ether oxygens (including phenoxy) is 2. The van der Waals surface area contributed by atoms with Crippen molar-refractivity contribution in [1.29, 1.82) is 0 Å². The van der Waals surface area contributed by atoms with Crippen LogP contribution in [0.5, 0.6) is 0 Å². The van der Waals surface area contributed by atoms with Gasteiger partial charge in [0.2, 0.25) is 0 Å². The summed E-state index contributed by atoms with van der Waals surface area (Å²) >= 11 is 8.20. The average Bonchev–Trinajstić information content (AvgIpc) is 3.07. The minimum atomic E-state index is 0.743. The fourth-order valence-corrected chi connectivity index (χ4v) is 6.01. The van der Waals surface area contributed by atoms with E-state index in [9.17, 15) is 0 Å². The number of thiazole rings is 1. The second kappa shape index (κ2) is 7.87. The van der Waals surface area contributed by atoms with E-state index in [4.69, 9.17) is 26.2 Å². The van der Waals surface area contributed by atoms with E-state index in [-0.39, 0.29) is 0 Å². The van der Waals surface area contributed by atoms with Gasteiger partial charge >= 0.3 is 0 Å². The van der Waals surface area contributed by atoms with Gasteiger partial charge in [0.05, 0.1) is 36.9 Å². The van der Waals surface area contributed by atoms with Crippen LogP contribution >= 0.6 is 23.1 Å². The van der Waals surface area contributed by atoms with Gasteiger partial charge in [-0.15, -0.1) is 11.3 Å². The van der Waals surface area contributed by atoms with Crippen molar-refractivity contribution in [3.63, 3.8) is 0 Å². The maximum absolute atomic E-state index is 6.37. The summed E-state index contributed by atoms with van der Waals surface area (Å²) in [5.41, 5.74) is 2.29. The summed E-state index contributed by atoms with van der Waals surface area (Å²) in [6, 6.07) is 0. The van der Waals surface area contributed by atoms with Crippen LogP contribution < -0.4 is 0 Å². The lowest BCUT2D eigenvalue weighted by molar-refractivity contribution is -0.0104. The molecule has 4 aliphatic heterocycles. The number of rotatable bonds is 4. The van der Waals surface area contributed by atoms with Crippen molar-refractivity contribution in [2.75, 3.05) is 52.6 Å². The van der Waals surface area contributed by atoms with Crippen LogP contribution in [-0.2, 0) is 22.6 Å². The van der Waals surface area contributed by atoms with E-state index in [1.807, 2.05) is 17.5 Å². The second-order valence-corrected chi connectivity index (χ2v) is 9.56. The average molecular weight is 411 g/mol. The van der Waals surface area contributed by atoms with Crippen LogP contribution in [-0.4, -0.2) is 71.8 Å². The van der Waals surface area contributed by atoms with Crippen LogP contribution in [0.1, 0.15) is 28.4 Å². The molecule has 0 atom stereocenters. The molecule has 3 saturated heterocycles. The SMILES string of the molecule is ClN1C=C(N2CCOCC2)c2nc(CN3CC(C4CCOCC4)C3)sc2C1. The molecule has 0 spiro atoms. The third kappa shape index (κ3) is 3.85. The zero-order valence-corrected chi connectivity index (χ0v) is 17.2. The smallest absolute Gasteiger partial charge is 0.108 e. The van der Waals surface area contributed by atoms with E-state index >= 15 is 0 Å². The number of hydrogen-bond donors (Lipinski definition) is 0. The minimum absolute atomic E-state index is 0.743. The Hall–Kier alpha value is -0.860. The van der Waals surface area contributed by atoms with Crippen molar-refractivity contribution in [1.82, 2.24) is 19.2 Å². The van der Waals surface area contributed by atoms with E-state index in [2.05, 4.69) is 9.80 Å². The topological polar surface area (TPSA) is 41.1 Å². The second-order valence-electron chi connectivity index (χ2n) is 7.95. The summed E-state index contributed by atoms with van der Waals surface area (Å²) in [5.74, 6) is 1.71. The highest BCUT2D eigenvalue weighted by atomic mass is 35.5. The lowest BCUT2D eigenvalue weighted by Gasteiger charge is -2.44. The molecule has 27 heavy (non-hydrogen) atoms. The molecule has 5 heterocycles. The van der Waals surface area contributed by atoms with E-state index < -0.39 is 0 Å². The van der Waals surface area contributed by atoms with Gasteiger partial charge in [-0.1, -0.05) is 0 Å². The molecule has 3 fully saturated rings. The molecule has 1 aromatic rings. The predicted molar refractivity (Wildman–Crippen MR) is 106 cm³/mol. The Morgan fingerprint density at radius 3 is 2.59 bits per heavy atom. The molecule has 0 aliphatic carbocycles. The quantitative estimate of drug-likeness (QED) is 0.711. The molecular formula is C19H27ClN4O2S. The molecule has 0 amide bonds. The first kappa shape index (κ1) is 18.2. The highest BCUT2D eigenvalue weighted by Gasteiger charge is 2.35. The van der Waals surface area contributed by atoms with Gasteiger partial charge in [0.15, 0.2) is 0 Å². The molecule has 0 unspecified atom stereocenters. The van der Waals surface area contributed by atoms with Crippen molar-refractivity contribution in [2.24, 2.45) is 11.8 Å². The fraction of sp³-hybridized carbons (Fsp3) is 0.737. The number of morpholine rings is 1. The molecular weight excluding hydrogens is 384 g/mol. The van der Waals surface area contributed by atoms with Crippen molar-refractivity contribution in [3.8, 4) is 0 Å². The normalized spacial score (nSPS) is 25.3. The number of hydrogen-bond acceptors (Lipinski definition) is 7. The van der Waals surface area contributed by atoms with E-state index in [1.54, 1.807) is 4.42 Å². The first-order valence-corrected chi connectivity index (χ1v) is 11.2. The molecule has 8 heteroatoms. The molecule has 0 N–H and O–H groups in total. The van der Waals surface area contributed by atoms with Gasteiger partial charge in [-0.2, -0.15) is 0 Å². The zero-order chi connectivity index (χ0) is 18.2. The summed E-state index contributed by atoms with van der Waals surface area (Å²) in [4.78, 5) is 11.2. The zero-order valence-electron chi connectivity index (χ0n) is 15.6. The fourth-order valence-electron chi connectivity index (χ4n) is 4.60. The van der Waals surface area contributed by atoms with Crippen LogP contribution in [0.3, 0.4) is 0 Å². The van der Waals surface area contributed by atoms with Crippen LogP contribution in [0, 0.1) is 11.8 Å². The maximum Gasteiger partial charge on any atom is 0.108 e. The summed E-state index contributed by atoms with van der Waals surface area (Å²) in [5, 5.41) is 1.22. The maximum atomic E-state index is 6.37. The number of aromatic nitrogens is 1. The molecule has 0 bridgehead atoms. The van der Waals surface area contributed by atoms with Crippen LogP contribution in [0.15, 0.2) is 6.20 Å². The molecule has 0 saturated carbocycles. The Labute approximate surface area is 169 Å². The lowest BCUT2D eigenvalue weighted by Crippen LogP contribution is -2.50.